The molecule has 0 bridgehead atoms. The molecule has 0 aliphatic carbocycles. The van der Waals surface area contributed by atoms with Gasteiger partial charge in [0.05, 0.1) is 6.61 Å². The largest absolute Gasteiger partial charge is 0.383 e. The summed E-state index contributed by atoms with van der Waals surface area (Å²) in [6, 6.07) is 0. The van der Waals surface area contributed by atoms with Gasteiger partial charge in [-0.25, -0.2) is 0 Å². The minimum Gasteiger partial charge on any atom is -0.383 e. The van der Waals surface area contributed by atoms with Gasteiger partial charge in [0, 0.05) is 26.7 Å². The third-order valence-corrected chi connectivity index (χ3v) is 2.63. The molecule has 0 unspecified atom stereocenters. The molecule has 15 heavy (non-hydrogen) atoms. The maximum absolute atomic E-state index is 5.57. The number of methoxy groups -OCH3 is 1. The summed E-state index contributed by atoms with van der Waals surface area (Å²) < 4.78 is 5.08. The summed E-state index contributed by atoms with van der Waals surface area (Å²) in [7, 11) is 1.75. The molecule has 3 heteroatoms. The van der Waals surface area contributed by atoms with E-state index in [1.54, 1.807) is 7.11 Å². The van der Waals surface area contributed by atoms with E-state index in [9.17, 15) is 0 Å². The average molecular weight is 216 g/mol. The van der Waals surface area contributed by atoms with Crippen LogP contribution in [-0.2, 0) is 4.74 Å². The molecule has 0 radical (unpaired) electrons. The van der Waals surface area contributed by atoms with Crippen molar-refractivity contribution < 1.29 is 4.74 Å². The monoisotopic (exact) mass is 216 g/mol. The van der Waals surface area contributed by atoms with Crippen LogP contribution in [0.5, 0.6) is 0 Å². The highest BCUT2D eigenvalue weighted by Crippen LogP contribution is 2.03. The van der Waals surface area contributed by atoms with Crippen molar-refractivity contribution in [3.05, 3.63) is 0 Å². The van der Waals surface area contributed by atoms with Gasteiger partial charge in [-0.05, 0) is 13.0 Å². The zero-order chi connectivity index (χ0) is 11.4. The van der Waals surface area contributed by atoms with Crippen LogP contribution in [0.15, 0.2) is 0 Å². The van der Waals surface area contributed by atoms with Crippen LogP contribution in [0.4, 0.5) is 0 Å². The predicted octanol–water partition coefficient (Wildman–Crippen LogP) is 1.86. The van der Waals surface area contributed by atoms with Gasteiger partial charge in [0.15, 0.2) is 0 Å². The number of hydrogen-bond donors (Lipinski definition) is 1. The Morgan fingerprint density at radius 2 is 1.73 bits per heavy atom. The summed E-state index contributed by atoms with van der Waals surface area (Å²) >= 11 is 0. The number of ether oxygens (including phenoxy) is 1. The van der Waals surface area contributed by atoms with Crippen LogP contribution in [-0.4, -0.2) is 44.8 Å². The maximum Gasteiger partial charge on any atom is 0.0589 e. The predicted molar refractivity (Wildman–Crippen MR) is 66.1 cm³/mol. The molecule has 0 aromatic carbocycles. The van der Waals surface area contributed by atoms with Gasteiger partial charge in [0.1, 0.15) is 0 Å². The topological polar surface area (TPSA) is 38.5 Å². The second kappa shape index (κ2) is 12.0. The fourth-order valence-corrected chi connectivity index (χ4v) is 1.68. The van der Waals surface area contributed by atoms with Gasteiger partial charge < -0.3 is 10.5 Å². The highest BCUT2D eigenvalue weighted by atomic mass is 16.5. The molecule has 0 fully saturated rings. The molecule has 0 aromatic heterocycles. The SMILES string of the molecule is CCCCCCCN(CCN)CCOC. The highest BCUT2D eigenvalue weighted by Gasteiger charge is 2.02. The molecule has 0 rings (SSSR count). The Kier molecular flexibility index (Phi) is 11.9. The number of hydrogen-bond acceptors (Lipinski definition) is 3. The van der Waals surface area contributed by atoms with E-state index in [4.69, 9.17) is 10.5 Å². The van der Waals surface area contributed by atoms with E-state index in [2.05, 4.69) is 11.8 Å². The van der Waals surface area contributed by atoms with Gasteiger partial charge in [-0.15, -0.1) is 0 Å². The van der Waals surface area contributed by atoms with Crippen molar-refractivity contribution in [2.24, 2.45) is 5.73 Å². The standard InChI is InChI=1S/C12H28N2O/c1-3-4-5-6-7-9-14(10-8-13)11-12-15-2/h3-13H2,1-2H3. The van der Waals surface area contributed by atoms with Gasteiger partial charge in [-0.1, -0.05) is 32.6 Å². The molecule has 0 spiro atoms. The molecule has 0 amide bonds. The first kappa shape index (κ1) is 14.9. The second-order valence-corrected chi connectivity index (χ2v) is 4.04. The van der Waals surface area contributed by atoms with E-state index >= 15 is 0 Å². The Balaban J connectivity index is 3.38. The highest BCUT2D eigenvalue weighted by molar-refractivity contribution is 4.58. The first-order chi connectivity index (χ1) is 7.35. The lowest BCUT2D eigenvalue weighted by atomic mass is 10.1. The molecule has 0 aliphatic rings. The third kappa shape index (κ3) is 10.2. The lowest BCUT2D eigenvalue weighted by Gasteiger charge is -2.20. The van der Waals surface area contributed by atoms with Crippen LogP contribution < -0.4 is 5.73 Å². The summed E-state index contributed by atoms with van der Waals surface area (Å²) in [5, 5.41) is 0. The van der Waals surface area contributed by atoms with Gasteiger partial charge in [0.2, 0.25) is 0 Å². The molecule has 0 saturated carbocycles. The minimum atomic E-state index is 0.749. The Bertz CT molecular complexity index is 120. The van der Waals surface area contributed by atoms with Crippen molar-refractivity contribution in [3.63, 3.8) is 0 Å². The number of rotatable bonds is 11. The van der Waals surface area contributed by atoms with Crippen molar-refractivity contribution in [1.82, 2.24) is 4.90 Å². The van der Waals surface area contributed by atoms with E-state index in [0.717, 1.165) is 26.2 Å². The van der Waals surface area contributed by atoms with Gasteiger partial charge in [-0.3, -0.25) is 4.90 Å². The maximum atomic E-state index is 5.57. The zero-order valence-corrected chi connectivity index (χ0v) is 10.5. The van der Waals surface area contributed by atoms with E-state index < -0.39 is 0 Å². The lowest BCUT2D eigenvalue weighted by molar-refractivity contribution is 0.148. The third-order valence-electron chi connectivity index (χ3n) is 2.63. The van der Waals surface area contributed by atoms with Crippen molar-refractivity contribution >= 4 is 0 Å². The average Bonchev–Trinajstić information content (AvgIpc) is 2.25. The van der Waals surface area contributed by atoms with Crippen molar-refractivity contribution in [2.45, 2.75) is 39.0 Å². The van der Waals surface area contributed by atoms with Crippen LogP contribution in [0.2, 0.25) is 0 Å². The Morgan fingerprint density at radius 1 is 1.00 bits per heavy atom. The fraction of sp³-hybridized carbons (Fsp3) is 1.00. The van der Waals surface area contributed by atoms with Gasteiger partial charge in [0.25, 0.3) is 0 Å². The molecule has 3 nitrogen and oxygen atoms in total. The molecular formula is C12H28N2O. The Hall–Kier alpha value is -0.120. The zero-order valence-electron chi connectivity index (χ0n) is 10.5. The van der Waals surface area contributed by atoms with E-state index in [1.165, 1.54) is 38.6 Å². The summed E-state index contributed by atoms with van der Waals surface area (Å²) in [5.74, 6) is 0. The van der Waals surface area contributed by atoms with E-state index in [1.807, 2.05) is 0 Å². The number of nitrogens with zero attached hydrogens (tertiary/aromatic N) is 1. The molecular weight excluding hydrogens is 188 g/mol. The Labute approximate surface area is 95.0 Å². The number of nitrogens with two attached hydrogens (primary N) is 1. The second-order valence-electron chi connectivity index (χ2n) is 4.04. The first-order valence-electron chi connectivity index (χ1n) is 6.26. The molecule has 92 valence electrons. The molecule has 0 aromatic rings. The molecule has 0 heterocycles. The summed E-state index contributed by atoms with van der Waals surface area (Å²) in [4.78, 5) is 2.40. The van der Waals surface area contributed by atoms with E-state index in [0.29, 0.717) is 0 Å². The molecule has 2 N–H and O–H groups in total. The molecule has 0 aliphatic heterocycles. The smallest absolute Gasteiger partial charge is 0.0589 e. The quantitative estimate of drug-likeness (QED) is 0.536. The van der Waals surface area contributed by atoms with E-state index in [-0.39, 0.29) is 0 Å². The summed E-state index contributed by atoms with van der Waals surface area (Å²) in [6.45, 7) is 7.00. The molecule has 0 saturated heterocycles. The number of unbranched alkanes of at least 4 members (excludes halogenated alkanes) is 4. The van der Waals surface area contributed by atoms with Gasteiger partial charge >= 0.3 is 0 Å². The van der Waals surface area contributed by atoms with Crippen LogP contribution in [0.1, 0.15) is 39.0 Å². The molecule has 0 atom stereocenters. The normalized spacial score (nSPS) is 11.2. The lowest BCUT2D eigenvalue weighted by Crippen LogP contribution is -2.33. The van der Waals surface area contributed by atoms with Crippen molar-refractivity contribution in [3.8, 4) is 0 Å². The van der Waals surface area contributed by atoms with Crippen LogP contribution in [0.25, 0.3) is 0 Å². The summed E-state index contributed by atoms with van der Waals surface area (Å²) in [5.41, 5.74) is 5.57. The van der Waals surface area contributed by atoms with Crippen LogP contribution >= 0.6 is 0 Å². The van der Waals surface area contributed by atoms with Crippen molar-refractivity contribution in [2.75, 3.05) is 39.9 Å². The van der Waals surface area contributed by atoms with Gasteiger partial charge in [-0.2, -0.15) is 0 Å². The first-order valence-corrected chi connectivity index (χ1v) is 6.26. The minimum absolute atomic E-state index is 0.749. The van der Waals surface area contributed by atoms with Crippen LogP contribution in [0.3, 0.4) is 0 Å². The van der Waals surface area contributed by atoms with Crippen molar-refractivity contribution in [1.29, 1.82) is 0 Å². The summed E-state index contributed by atoms with van der Waals surface area (Å²) in [6.07, 6.45) is 6.70. The Morgan fingerprint density at radius 3 is 2.33 bits per heavy atom. The fourth-order valence-electron chi connectivity index (χ4n) is 1.68. The van der Waals surface area contributed by atoms with Crippen LogP contribution in [0, 0.1) is 0 Å².